The molecule has 0 saturated carbocycles. The number of rotatable bonds is 18. The predicted octanol–water partition coefficient (Wildman–Crippen LogP) is 7.22. The Balaban J connectivity index is 0.828. The van der Waals surface area contributed by atoms with Gasteiger partial charge in [-0.2, -0.15) is 0 Å². The summed E-state index contributed by atoms with van der Waals surface area (Å²) in [6, 6.07) is 25.1. The zero-order valence-corrected chi connectivity index (χ0v) is 44.8. The van der Waals surface area contributed by atoms with Gasteiger partial charge in [0.25, 0.3) is 5.56 Å². The van der Waals surface area contributed by atoms with E-state index in [-0.39, 0.29) is 81.2 Å². The Morgan fingerprint density at radius 3 is 2.33 bits per heavy atom. The van der Waals surface area contributed by atoms with Crippen molar-refractivity contribution in [3.63, 3.8) is 0 Å². The number of ether oxygens (including phenoxy) is 3. The molecule has 0 bridgehead atoms. The van der Waals surface area contributed by atoms with Gasteiger partial charge >= 0.3 is 18.2 Å². The quantitative estimate of drug-likeness (QED) is 0.0366. The second-order valence-corrected chi connectivity index (χ2v) is 20.2. The fraction of sp³-hybridized carbons (Fsp3) is 0.317. The van der Waals surface area contributed by atoms with Crippen LogP contribution in [0, 0.1) is 5.92 Å². The summed E-state index contributed by atoms with van der Waals surface area (Å²) >= 11 is 0. The van der Waals surface area contributed by atoms with E-state index in [1.54, 1.807) is 72.7 Å². The number of urea groups is 1. The summed E-state index contributed by atoms with van der Waals surface area (Å²) in [6.07, 6.45) is 3.23. The number of carbonyl (C=O) groups excluding carboxylic acids is 7. The lowest BCUT2D eigenvalue weighted by Gasteiger charge is -2.35. The van der Waals surface area contributed by atoms with Crippen molar-refractivity contribution in [2.45, 2.75) is 110 Å². The van der Waals surface area contributed by atoms with Crippen LogP contribution in [-0.4, -0.2) is 75.1 Å². The maximum atomic E-state index is 14.2. The number of anilines is 2. The van der Waals surface area contributed by atoms with E-state index in [0.717, 1.165) is 33.2 Å². The van der Waals surface area contributed by atoms with Crippen LogP contribution >= 0.6 is 0 Å². The molecule has 3 aliphatic rings. The molecule has 414 valence electrons. The van der Waals surface area contributed by atoms with Crippen molar-refractivity contribution in [1.82, 2.24) is 25.5 Å². The van der Waals surface area contributed by atoms with E-state index in [0.29, 0.717) is 46.8 Å². The van der Waals surface area contributed by atoms with Crippen molar-refractivity contribution in [2.75, 3.05) is 16.8 Å². The number of fused-ring (bicyclic) bond motifs is 7. The molecule has 0 unspecified atom stereocenters. The minimum atomic E-state index is -2.03. The molecule has 0 radical (unpaired) electrons. The first-order chi connectivity index (χ1) is 38.5. The molecule has 80 heavy (non-hydrogen) atoms. The lowest BCUT2D eigenvalue weighted by molar-refractivity contribution is -0.175. The number of nitrogens with two attached hydrogens (primary N) is 1. The average Bonchev–Trinajstić information content (AvgIpc) is 3.94. The summed E-state index contributed by atoms with van der Waals surface area (Å²) < 4.78 is 18.4. The van der Waals surface area contributed by atoms with E-state index in [1.165, 1.54) is 6.07 Å². The van der Waals surface area contributed by atoms with Crippen LogP contribution in [0.2, 0.25) is 0 Å². The topological polar surface area (TPSA) is 280 Å². The minimum absolute atomic E-state index is 0.0662. The van der Waals surface area contributed by atoms with E-state index < -0.39 is 65.0 Å². The second-order valence-electron chi connectivity index (χ2n) is 20.2. The Hall–Kier alpha value is -9.33. The maximum Gasteiger partial charge on any atom is 0.510 e. The molecule has 0 fully saturated rings. The number of esters is 1. The standard InChI is InChI=1S/C60H62N8O12/c1-5-41-42-28-40(69)23-24-46(42)64-53-43(41)31-68-49(53)29-45-44(56(68)74)33-78-57(75)60(45,6-2)80-59(77)79-32-35-17-21-39(22-18-35)63-54(72)47(15-11-27-62-58(61)76)65-55(73)52(34(3)4)66-50(70)25-26-51(71)67-30-38-14-8-7-12-36(38)19-20-37-13-9-10-16-48(37)67/h7-10,12-14,16-24,28-29,34,47,52,69H,5-6,11,15,25-27,30-33H2,1-4H3,(H,63,72)(H,65,73)(H,66,70)(H3,61,62,76)/b20-19-/t47-,52-,60-/m0/s1. The summed E-state index contributed by atoms with van der Waals surface area (Å²) in [6.45, 7) is 7.05. The Morgan fingerprint density at radius 2 is 1.59 bits per heavy atom. The van der Waals surface area contributed by atoms with Crippen molar-refractivity contribution in [2.24, 2.45) is 11.7 Å². The molecular formula is C60H62N8O12. The first kappa shape index (κ1) is 55.4. The number of hydrogen-bond donors (Lipinski definition) is 6. The summed E-state index contributed by atoms with van der Waals surface area (Å²) in [5.74, 6) is -3.26. The van der Waals surface area contributed by atoms with Crippen LogP contribution < -0.4 is 37.5 Å². The smallest absolute Gasteiger partial charge is 0.508 e. The van der Waals surface area contributed by atoms with Crippen LogP contribution in [0.3, 0.4) is 0 Å². The highest BCUT2D eigenvalue weighted by Crippen LogP contribution is 2.43. The number of cyclic esters (lactones) is 1. The maximum absolute atomic E-state index is 14.2. The lowest BCUT2D eigenvalue weighted by atomic mass is 9.85. The molecule has 5 heterocycles. The molecule has 20 nitrogen and oxygen atoms in total. The number of aromatic nitrogens is 2. The highest BCUT2D eigenvalue weighted by atomic mass is 16.7. The molecule has 4 aromatic carbocycles. The highest BCUT2D eigenvalue weighted by Gasteiger charge is 2.51. The molecule has 3 atom stereocenters. The van der Waals surface area contributed by atoms with Crippen LogP contribution in [-0.2, 0) is 76.5 Å². The highest BCUT2D eigenvalue weighted by molar-refractivity contribution is 6.00. The number of primary amides is 1. The monoisotopic (exact) mass is 1090 g/mol. The fourth-order valence-corrected chi connectivity index (χ4v) is 10.5. The van der Waals surface area contributed by atoms with E-state index >= 15 is 0 Å². The van der Waals surface area contributed by atoms with Gasteiger partial charge < -0.3 is 55.8 Å². The molecule has 0 aliphatic carbocycles. The Morgan fingerprint density at radius 1 is 0.850 bits per heavy atom. The van der Waals surface area contributed by atoms with E-state index in [2.05, 4.69) is 21.3 Å². The molecule has 2 aromatic heterocycles. The van der Waals surface area contributed by atoms with Crippen molar-refractivity contribution in [3.8, 4) is 17.1 Å². The number of pyridine rings is 2. The van der Waals surface area contributed by atoms with Gasteiger partial charge in [-0.15, -0.1) is 0 Å². The predicted molar refractivity (Wildman–Crippen MR) is 297 cm³/mol. The number of phenols is 1. The summed E-state index contributed by atoms with van der Waals surface area (Å²) in [5, 5.41) is 21.8. The third-order valence-electron chi connectivity index (χ3n) is 14.7. The molecule has 7 N–H and O–H groups in total. The third kappa shape index (κ3) is 11.6. The summed E-state index contributed by atoms with van der Waals surface area (Å²) in [7, 11) is 0. The third-order valence-corrected chi connectivity index (χ3v) is 14.7. The zero-order chi connectivity index (χ0) is 56.8. The normalized spacial score (nSPS) is 16.0. The van der Waals surface area contributed by atoms with Crippen LogP contribution in [0.15, 0.2) is 102 Å². The Kier molecular flexibility index (Phi) is 16.4. The van der Waals surface area contributed by atoms with Crippen molar-refractivity contribution >= 4 is 76.2 Å². The van der Waals surface area contributed by atoms with Crippen LogP contribution in [0.25, 0.3) is 34.4 Å². The first-order valence-electron chi connectivity index (χ1n) is 26.6. The number of hydrogen-bond acceptors (Lipinski definition) is 13. The first-order valence-corrected chi connectivity index (χ1v) is 26.6. The molecule has 0 spiro atoms. The van der Waals surface area contributed by atoms with E-state index in [1.807, 2.05) is 67.6 Å². The number of carbonyl (C=O) groups is 7. The SMILES string of the molecule is CCc1c2c(nc3ccc(O)cc13)-c1cc3c(c(=O)n1C2)COC(=O)[C@@]3(CC)OC(=O)OCc1ccc(NC(=O)[C@H](CCCNC(N)=O)NC(=O)[C@@H](NC(=O)CCC(=O)N2Cc3ccccc3/C=C\c3ccccc32)C(C)C)cc1. The summed E-state index contributed by atoms with van der Waals surface area (Å²) in [5.41, 5.74) is 10.7. The van der Waals surface area contributed by atoms with Crippen molar-refractivity contribution < 1.29 is 52.9 Å². The average molecular weight is 1090 g/mol. The largest absolute Gasteiger partial charge is 0.510 e. The summed E-state index contributed by atoms with van der Waals surface area (Å²) in [4.78, 5) is 115. The number of amides is 6. The van der Waals surface area contributed by atoms with Crippen LogP contribution in [0.5, 0.6) is 5.75 Å². The molecule has 0 saturated heterocycles. The number of benzene rings is 4. The Bertz CT molecular complexity index is 3540. The van der Waals surface area contributed by atoms with E-state index in [9.17, 15) is 43.5 Å². The molecule has 3 aliphatic heterocycles. The molecule has 20 heteroatoms. The van der Waals surface area contributed by atoms with Gasteiger partial charge in [0, 0.05) is 41.6 Å². The number of aromatic hydroxyl groups is 1. The number of phenolic OH excluding ortho intramolecular Hbond substituents is 1. The van der Waals surface area contributed by atoms with Gasteiger partial charge in [-0.25, -0.2) is 19.4 Å². The van der Waals surface area contributed by atoms with Crippen LogP contribution in [0.4, 0.5) is 21.0 Å². The molecular weight excluding hydrogens is 1020 g/mol. The van der Waals surface area contributed by atoms with Crippen molar-refractivity contribution in [1.29, 1.82) is 0 Å². The number of nitrogens with one attached hydrogen (secondary N) is 4. The van der Waals surface area contributed by atoms with Crippen LogP contribution in [0.1, 0.15) is 104 Å². The van der Waals surface area contributed by atoms with Gasteiger partial charge in [-0.1, -0.05) is 94.4 Å². The van der Waals surface area contributed by atoms with Gasteiger partial charge in [0.2, 0.25) is 29.2 Å². The fourth-order valence-electron chi connectivity index (χ4n) is 10.5. The van der Waals surface area contributed by atoms with E-state index in [4.69, 9.17) is 24.9 Å². The lowest BCUT2D eigenvalue weighted by Crippen LogP contribution is -2.54. The van der Waals surface area contributed by atoms with Gasteiger partial charge in [0.1, 0.15) is 31.0 Å². The minimum Gasteiger partial charge on any atom is -0.508 e. The van der Waals surface area contributed by atoms with Gasteiger partial charge in [0.05, 0.1) is 41.2 Å². The van der Waals surface area contributed by atoms with Gasteiger partial charge in [-0.05, 0) is 102 Å². The molecule has 9 rings (SSSR count). The second kappa shape index (κ2) is 23.7. The number of para-hydroxylation sites is 1. The van der Waals surface area contributed by atoms with Gasteiger partial charge in [-0.3, -0.25) is 24.0 Å². The number of nitrogens with zero attached hydrogens (tertiary/aromatic N) is 3. The molecule has 6 amide bonds. The molecule has 6 aromatic rings. The van der Waals surface area contributed by atoms with Crippen molar-refractivity contribution in [3.05, 3.63) is 152 Å². The van der Waals surface area contributed by atoms with Gasteiger partial charge in [0.15, 0.2) is 0 Å². The zero-order valence-electron chi connectivity index (χ0n) is 44.8. The Labute approximate surface area is 460 Å². The number of aryl methyl sites for hydroxylation is 1.